The third-order valence-corrected chi connectivity index (χ3v) is 5.26. The Hall–Kier alpha value is -1.20. The van der Waals surface area contributed by atoms with Crippen LogP contribution in [-0.2, 0) is 6.42 Å². The summed E-state index contributed by atoms with van der Waals surface area (Å²) in [4.78, 5) is 4.64. The average molecular weight is 319 g/mol. The lowest BCUT2D eigenvalue weighted by Crippen LogP contribution is -2.43. The van der Waals surface area contributed by atoms with Gasteiger partial charge < -0.3 is 10.6 Å². The minimum absolute atomic E-state index is 0.571. The number of hydrogen-bond donors (Lipinski definition) is 2. The van der Waals surface area contributed by atoms with E-state index in [4.69, 9.17) is 12.2 Å². The second kappa shape index (κ2) is 7.18. The highest BCUT2D eigenvalue weighted by molar-refractivity contribution is 7.80. The number of para-hydroxylation sites is 1. The summed E-state index contributed by atoms with van der Waals surface area (Å²) in [7, 11) is 0. The largest absolute Gasteiger partial charge is 0.362 e. The van der Waals surface area contributed by atoms with Gasteiger partial charge in [-0.25, -0.2) is 4.98 Å². The van der Waals surface area contributed by atoms with E-state index in [-0.39, 0.29) is 0 Å². The highest BCUT2D eigenvalue weighted by Crippen LogP contribution is 2.21. The maximum absolute atomic E-state index is 5.38. The van der Waals surface area contributed by atoms with Crippen molar-refractivity contribution in [3.05, 3.63) is 29.3 Å². The molecule has 2 aromatic rings. The van der Waals surface area contributed by atoms with Crippen molar-refractivity contribution in [3.8, 4) is 0 Å². The van der Waals surface area contributed by atoms with E-state index in [1.165, 1.54) is 41.8 Å². The molecule has 1 heterocycles. The maximum Gasteiger partial charge on any atom is 0.166 e. The molecule has 0 amide bonds. The smallest absolute Gasteiger partial charge is 0.166 e. The Kier molecular flexibility index (Phi) is 5.04. The lowest BCUT2D eigenvalue weighted by Gasteiger charge is -2.24. The minimum atomic E-state index is 0.571. The zero-order valence-electron chi connectivity index (χ0n) is 12.1. The number of fused-ring (bicyclic) bond motifs is 1. The van der Waals surface area contributed by atoms with Gasteiger partial charge in [-0.15, -0.1) is 11.3 Å². The fourth-order valence-electron chi connectivity index (χ4n) is 2.79. The first-order valence-corrected chi connectivity index (χ1v) is 8.92. The Labute approximate surface area is 135 Å². The third-order valence-electron chi connectivity index (χ3n) is 3.90. The van der Waals surface area contributed by atoms with Gasteiger partial charge in [0.05, 0.1) is 15.2 Å². The molecule has 3 rings (SSSR count). The Bertz CT molecular complexity index is 569. The Balaban J connectivity index is 1.43. The monoisotopic (exact) mass is 319 g/mol. The SMILES string of the molecule is S=C(NCCc1nc2ccccc2s1)NC1CCCCC1. The summed E-state index contributed by atoms with van der Waals surface area (Å²) in [5.41, 5.74) is 1.10. The van der Waals surface area contributed by atoms with E-state index in [1.54, 1.807) is 11.3 Å². The number of thiocarbonyl (C=S) groups is 1. The van der Waals surface area contributed by atoms with Crippen LogP contribution in [-0.4, -0.2) is 22.7 Å². The average Bonchev–Trinajstić information content (AvgIpc) is 2.91. The molecule has 3 nitrogen and oxygen atoms in total. The molecule has 5 heteroatoms. The molecule has 0 saturated heterocycles. The van der Waals surface area contributed by atoms with Gasteiger partial charge in [0, 0.05) is 19.0 Å². The van der Waals surface area contributed by atoms with E-state index < -0.39 is 0 Å². The summed E-state index contributed by atoms with van der Waals surface area (Å²) in [6.45, 7) is 0.846. The predicted molar refractivity (Wildman–Crippen MR) is 93.9 cm³/mol. The summed E-state index contributed by atoms with van der Waals surface area (Å²) in [6, 6.07) is 8.86. The van der Waals surface area contributed by atoms with Crippen LogP contribution in [0.4, 0.5) is 0 Å². The van der Waals surface area contributed by atoms with Gasteiger partial charge in [0.2, 0.25) is 0 Å². The lowest BCUT2D eigenvalue weighted by atomic mass is 9.96. The predicted octanol–water partition coefficient (Wildman–Crippen LogP) is 3.64. The molecule has 0 bridgehead atoms. The quantitative estimate of drug-likeness (QED) is 0.844. The number of rotatable bonds is 4. The maximum atomic E-state index is 5.38. The van der Waals surface area contributed by atoms with Crippen molar-refractivity contribution >= 4 is 38.9 Å². The first kappa shape index (κ1) is 14.7. The second-order valence-electron chi connectivity index (χ2n) is 5.56. The van der Waals surface area contributed by atoms with Crippen molar-refractivity contribution in [2.24, 2.45) is 0 Å². The second-order valence-corrected chi connectivity index (χ2v) is 7.08. The van der Waals surface area contributed by atoms with E-state index in [0.717, 1.165) is 23.6 Å². The van der Waals surface area contributed by atoms with Gasteiger partial charge in [0.25, 0.3) is 0 Å². The van der Waals surface area contributed by atoms with Crippen molar-refractivity contribution in [2.75, 3.05) is 6.54 Å². The van der Waals surface area contributed by atoms with Crippen LogP contribution in [0.5, 0.6) is 0 Å². The van der Waals surface area contributed by atoms with Crippen molar-refractivity contribution < 1.29 is 0 Å². The highest BCUT2D eigenvalue weighted by Gasteiger charge is 2.13. The normalized spacial score (nSPS) is 16.0. The van der Waals surface area contributed by atoms with Gasteiger partial charge in [-0.1, -0.05) is 31.4 Å². The van der Waals surface area contributed by atoms with Crippen molar-refractivity contribution in [1.82, 2.24) is 15.6 Å². The molecule has 1 fully saturated rings. The Morgan fingerprint density at radius 3 is 2.86 bits per heavy atom. The van der Waals surface area contributed by atoms with Gasteiger partial charge in [-0.2, -0.15) is 0 Å². The summed E-state index contributed by atoms with van der Waals surface area (Å²) < 4.78 is 1.26. The highest BCUT2D eigenvalue weighted by atomic mass is 32.1. The standard InChI is InChI=1S/C16H21N3S2/c20-16(18-12-6-2-1-3-7-12)17-11-10-15-19-13-8-4-5-9-14(13)21-15/h4-5,8-9,12H,1-3,6-7,10-11H2,(H2,17,18,20). The molecular formula is C16H21N3S2. The van der Waals surface area contributed by atoms with E-state index in [0.29, 0.717) is 6.04 Å². The van der Waals surface area contributed by atoms with Crippen LogP contribution in [0, 0.1) is 0 Å². The molecule has 1 aromatic carbocycles. The van der Waals surface area contributed by atoms with E-state index in [9.17, 15) is 0 Å². The fraction of sp³-hybridized carbons (Fsp3) is 0.500. The summed E-state index contributed by atoms with van der Waals surface area (Å²) in [6.07, 6.45) is 7.44. The van der Waals surface area contributed by atoms with Crippen LogP contribution in [0.2, 0.25) is 0 Å². The van der Waals surface area contributed by atoms with Gasteiger partial charge in [0.15, 0.2) is 5.11 Å². The molecule has 1 aromatic heterocycles. The molecule has 1 aliphatic rings. The molecular weight excluding hydrogens is 298 g/mol. The molecule has 112 valence electrons. The number of nitrogens with one attached hydrogen (secondary N) is 2. The number of benzene rings is 1. The Morgan fingerprint density at radius 1 is 1.24 bits per heavy atom. The molecule has 1 saturated carbocycles. The summed E-state index contributed by atoms with van der Waals surface area (Å²) in [5.74, 6) is 0. The van der Waals surface area contributed by atoms with Gasteiger partial charge in [-0.3, -0.25) is 0 Å². The molecule has 0 atom stereocenters. The first-order chi connectivity index (χ1) is 10.3. The molecule has 0 unspecified atom stereocenters. The summed E-state index contributed by atoms with van der Waals surface area (Å²) in [5, 5.41) is 8.71. The molecule has 0 radical (unpaired) electrons. The van der Waals surface area contributed by atoms with Crippen molar-refractivity contribution in [1.29, 1.82) is 0 Å². The number of hydrogen-bond acceptors (Lipinski definition) is 3. The van der Waals surface area contributed by atoms with Gasteiger partial charge in [-0.05, 0) is 37.2 Å². The van der Waals surface area contributed by atoms with Gasteiger partial charge >= 0.3 is 0 Å². The Morgan fingerprint density at radius 2 is 2.05 bits per heavy atom. The third kappa shape index (κ3) is 4.14. The van der Waals surface area contributed by atoms with Crippen LogP contribution in [0.1, 0.15) is 37.1 Å². The molecule has 2 N–H and O–H groups in total. The number of thiazole rings is 1. The number of aromatic nitrogens is 1. The zero-order valence-corrected chi connectivity index (χ0v) is 13.7. The fourth-order valence-corrected chi connectivity index (χ4v) is 4.03. The van der Waals surface area contributed by atoms with Crippen LogP contribution in [0.3, 0.4) is 0 Å². The van der Waals surface area contributed by atoms with E-state index in [1.807, 2.05) is 6.07 Å². The van der Waals surface area contributed by atoms with Crippen LogP contribution in [0.15, 0.2) is 24.3 Å². The first-order valence-electron chi connectivity index (χ1n) is 7.70. The van der Waals surface area contributed by atoms with E-state index >= 15 is 0 Å². The lowest BCUT2D eigenvalue weighted by molar-refractivity contribution is 0.412. The van der Waals surface area contributed by atoms with E-state index in [2.05, 4.69) is 33.8 Å². The van der Waals surface area contributed by atoms with Crippen molar-refractivity contribution in [2.45, 2.75) is 44.6 Å². The zero-order chi connectivity index (χ0) is 14.5. The summed E-state index contributed by atoms with van der Waals surface area (Å²) >= 11 is 7.15. The molecule has 0 aliphatic heterocycles. The van der Waals surface area contributed by atoms with Crippen molar-refractivity contribution in [3.63, 3.8) is 0 Å². The van der Waals surface area contributed by atoms with Crippen LogP contribution >= 0.6 is 23.6 Å². The van der Waals surface area contributed by atoms with Gasteiger partial charge in [0.1, 0.15) is 0 Å². The molecule has 21 heavy (non-hydrogen) atoms. The molecule has 1 aliphatic carbocycles. The van der Waals surface area contributed by atoms with Crippen LogP contribution in [0.25, 0.3) is 10.2 Å². The topological polar surface area (TPSA) is 37.0 Å². The minimum Gasteiger partial charge on any atom is -0.362 e. The number of nitrogens with zero attached hydrogens (tertiary/aromatic N) is 1. The van der Waals surface area contributed by atoms with Crippen LogP contribution < -0.4 is 10.6 Å². The molecule has 0 spiro atoms.